The van der Waals surface area contributed by atoms with Crippen LogP contribution >= 0.6 is 0 Å². The first-order valence-electron chi connectivity index (χ1n) is 9.48. The van der Waals surface area contributed by atoms with E-state index < -0.39 is 10.9 Å². The van der Waals surface area contributed by atoms with Gasteiger partial charge in [0.15, 0.2) is 6.61 Å². The second kappa shape index (κ2) is 9.25. The summed E-state index contributed by atoms with van der Waals surface area (Å²) in [6, 6.07) is 11.7. The molecule has 0 spiro atoms. The van der Waals surface area contributed by atoms with Crippen LogP contribution in [0.15, 0.2) is 42.5 Å². The molecule has 2 aromatic rings. The largest absolute Gasteiger partial charge is 0.497 e. The van der Waals surface area contributed by atoms with E-state index in [0.29, 0.717) is 31.7 Å². The van der Waals surface area contributed by atoms with E-state index >= 15 is 0 Å². The Bertz CT molecular complexity index is 936. The van der Waals surface area contributed by atoms with Gasteiger partial charge in [0, 0.05) is 43.5 Å². The van der Waals surface area contributed by atoms with Crippen molar-refractivity contribution in [1.29, 1.82) is 0 Å². The van der Waals surface area contributed by atoms with Gasteiger partial charge in [0.2, 0.25) is 0 Å². The number of hydrogen-bond acceptors (Lipinski definition) is 7. The Morgan fingerprint density at radius 2 is 1.73 bits per heavy atom. The second-order valence-electron chi connectivity index (χ2n) is 6.90. The van der Waals surface area contributed by atoms with Gasteiger partial charge >= 0.3 is 5.97 Å². The number of aryl methyl sites for hydroxylation is 1. The molecular weight excluding hydrogens is 390 g/mol. The molecule has 1 amide bonds. The number of carbonyl (C=O) groups excluding carboxylic acids is 2. The van der Waals surface area contributed by atoms with Crippen LogP contribution in [0.5, 0.6) is 5.75 Å². The highest BCUT2D eigenvalue weighted by Crippen LogP contribution is 2.21. The third-order valence-corrected chi connectivity index (χ3v) is 5.03. The monoisotopic (exact) mass is 413 g/mol. The van der Waals surface area contributed by atoms with Crippen LogP contribution in [0.1, 0.15) is 15.9 Å². The first kappa shape index (κ1) is 21.1. The van der Waals surface area contributed by atoms with Crippen LogP contribution in [-0.2, 0) is 9.53 Å². The summed E-state index contributed by atoms with van der Waals surface area (Å²) in [6.07, 6.45) is 0. The van der Waals surface area contributed by atoms with E-state index in [1.165, 1.54) is 18.2 Å². The third-order valence-electron chi connectivity index (χ3n) is 5.03. The fourth-order valence-corrected chi connectivity index (χ4v) is 3.30. The van der Waals surface area contributed by atoms with E-state index in [9.17, 15) is 19.7 Å². The Balaban J connectivity index is 1.49. The molecule has 0 saturated carbocycles. The highest BCUT2D eigenvalue weighted by molar-refractivity contribution is 5.91. The van der Waals surface area contributed by atoms with E-state index in [1.807, 2.05) is 24.3 Å². The number of amides is 1. The normalized spacial score (nSPS) is 13.7. The van der Waals surface area contributed by atoms with Gasteiger partial charge in [-0.15, -0.1) is 0 Å². The molecule has 0 aromatic heterocycles. The molecule has 1 fully saturated rings. The third kappa shape index (κ3) is 4.86. The van der Waals surface area contributed by atoms with Gasteiger partial charge < -0.3 is 19.3 Å². The van der Waals surface area contributed by atoms with Crippen LogP contribution in [0, 0.1) is 17.0 Å². The van der Waals surface area contributed by atoms with Gasteiger partial charge in [-0.3, -0.25) is 14.9 Å². The number of ether oxygens (including phenoxy) is 2. The Kier molecular flexibility index (Phi) is 6.51. The maximum Gasteiger partial charge on any atom is 0.338 e. The second-order valence-corrected chi connectivity index (χ2v) is 6.90. The first-order valence-corrected chi connectivity index (χ1v) is 9.48. The molecule has 30 heavy (non-hydrogen) atoms. The molecule has 158 valence electrons. The van der Waals surface area contributed by atoms with Crippen molar-refractivity contribution in [3.8, 4) is 5.75 Å². The lowest BCUT2D eigenvalue weighted by Crippen LogP contribution is -2.49. The molecule has 9 heteroatoms. The number of methoxy groups -OCH3 is 1. The van der Waals surface area contributed by atoms with Gasteiger partial charge in [-0.25, -0.2) is 4.79 Å². The fourth-order valence-electron chi connectivity index (χ4n) is 3.30. The number of carbonyl (C=O) groups is 2. The van der Waals surface area contributed by atoms with E-state index in [-0.39, 0.29) is 23.8 Å². The van der Waals surface area contributed by atoms with Crippen molar-refractivity contribution in [1.82, 2.24) is 4.90 Å². The van der Waals surface area contributed by atoms with E-state index in [1.54, 1.807) is 18.9 Å². The Hall–Kier alpha value is -3.62. The molecule has 0 N–H and O–H groups in total. The number of piperazine rings is 1. The Morgan fingerprint density at radius 3 is 2.30 bits per heavy atom. The number of benzene rings is 2. The zero-order valence-corrected chi connectivity index (χ0v) is 16.9. The van der Waals surface area contributed by atoms with Crippen molar-refractivity contribution < 1.29 is 24.0 Å². The molecule has 1 aliphatic heterocycles. The molecular formula is C21H23N3O6. The van der Waals surface area contributed by atoms with E-state index in [4.69, 9.17) is 9.47 Å². The fraction of sp³-hybridized carbons (Fsp3) is 0.333. The zero-order chi connectivity index (χ0) is 21.7. The van der Waals surface area contributed by atoms with Gasteiger partial charge in [0.25, 0.3) is 11.6 Å². The predicted molar refractivity (Wildman–Crippen MR) is 110 cm³/mol. The lowest BCUT2D eigenvalue weighted by atomic mass is 10.1. The van der Waals surface area contributed by atoms with Gasteiger partial charge in [-0.2, -0.15) is 0 Å². The average Bonchev–Trinajstić information content (AvgIpc) is 2.77. The van der Waals surface area contributed by atoms with E-state index in [2.05, 4.69) is 4.90 Å². The van der Waals surface area contributed by atoms with Crippen molar-refractivity contribution in [3.05, 3.63) is 63.7 Å². The van der Waals surface area contributed by atoms with Crippen molar-refractivity contribution in [3.63, 3.8) is 0 Å². The predicted octanol–water partition coefficient (Wildman–Crippen LogP) is 2.42. The Labute approximate surface area is 173 Å². The lowest BCUT2D eigenvalue weighted by molar-refractivity contribution is -0.385. The van der Waals surface area contributed by atoms with Crippen LogP contribution in [0.25, 0.3) is 0 Å². The molecule has 9 nitrogen and oxygen atoms in total. The number of esters is 1. The molecule has 1 saturated heterocycles. The highest BCUT2D eigenvalue weighted by Gasteiger charge is 2.23. The minimum absolute atomic E-state index is 0.0719. The van der Waals surface area contributed by atoms with Crippen molar-refractivity contribution in [2.24, 2.45) is 0 Å². The summed E-state index contributed by atoms with van der Waals surface area (Å²) >= 11 is 0. The summed E-state index contributed by atoms with van der Waals surface area (Å²) in [5, 5.41) is 10.9. The minimum atomic E-state index is -0.682. The standard InChI is InChI=1S/C21H23N3O6/c1-15-13-16(3-8-19(15)24(27)28)21(26)30-14-20(25)23-11-9-22(10-12-23)17-4-6-18(29-2)7-5-17/h3-8,13H,9-12,14H2,1-2H3. The number of anilines is 1. The molecule has 0 aliphatic carbocycles. The molecule has 1 heterocycles. The SMILES string of the molecule is COc1ccc(N2CCN(C(=O)COC(=O)c3ccc([N+](=O)[O-])c(C)c3)CC2)cc1. The van der Waals surface area contributed by atoms with Crippen molar-refractivity contribution in [2.45, 2.75) is 6.92 Å². The molecule has 3 rings (SSSR count). The zero-order valence-electron chi connectivity index (χ0n) is 16.9. The quantitative estimate of drug-likeness (QED) is 0.407. The first-order chi connectivity index (χ1) is 14.4. The number of nitro benzene ring substituents is 1. The van der Waals surface area contributed by atoms with Crippen LogP contribution < -0.4 is 9.64 Å². The van der Waals surface area contributed by atoms with Gasteiger partial charge in [0.05, 0.1) is 17.6 Å². The summed E-state index contributed by atoms with van der Waals surface area (Å²) in [5.74, 6) is -0.160. The van der Waals surface area contributed by atoms with Crippen LogP contribution in [0.3, 0.4) is 0 Å². The number of nitrogens with zero attached hydrogens (tertiary/aromatic N) is 3. The molecule has 0 bridgehead atoms. The summed E-state index contributed by atoms with van der Waals surface area (Å²) in [6.45, 7) is 3.58. The summed E-state index contributed by atoms with van der Waals surface area (Å²) in [4.78, 5) is 38.8. The summed E-state index contributed by atoms with van der Waals surface area (Å²) in [7, 11) is 1.62. The molecule has 1 aliphatic rings. The Morgan fingerprint density at radius 1 is 1.07 bits per heavy atom. The number of rotatable bonds is 6. The molecule has 0 atom stereocenters. The highest BCUT2D eigenvalue weighted by atomic mass is 16.6. The average molecular weight is 413 g/mol. The topological polar surface area (TPSA) is 102 Å². The molecule has 0 radical (unpaired) electrons. The van der Waals surface area contributed by atoms with Crippen LogP contribution in [-0.4, -0.2) is 61.6 Å². The molecule has 2 aromatic carbocycles. The van der Waals surface area contributed by atoms with Gasteiger partial charge in [-0.1, -0.05) is 0 Å². The van der Waals surface area contributed by atoms with Crippen LogP contribution in [0.4, 0.5) is 11.4 Å². The maximum absolute atomic E-state index is 12.4. The van der Waals surface area contributed by atoms with Crippen LogP contribution in [0.2, 0.25) is 0 Å². The minimum Gasteiger partial charge on any atom is -0.497 e. The number of nitro groups is 1. The number of hydrogen-bond donors (Lipinski definition) is 0. The smallest absolute Gasteiger partial charge is 0.338 e. The lowest BCUT2D eigenvalue weighted by Gasteiger charge is -2.36. The van der Waals surface area contributed by atoms with E-state index in [0.717, 1.165) is 11.4 Å². The molecule has 0 unspecified atom stereocenters. The maximum atomic E-state index is 12.4. The van der Waals surface area contributed by atoms with Crippen molar-refractivity contribution in [2.75, 3.05) is 44.8 Å². The summed E-state index contributed by atoms with van der Waals surface area (Å²) < 4.78 is 10.3. The van der Waals surface area contributed by atoms with Crippen molar-refractivity contribution >= 4 is 23.3 Å². The van der Waals surface area contributed by atoms with Gasteiger partial charge in [-0.05, 0) is 43.3 Å². The van der Waals surface area contributed by atoms with Gasteiger partial charge in [0.1, 0.15) is 5.75 Å². The summed E-state index contributed by atoms with van der Waals surface area (Å²) in [5.41, 5.74) is 1.52.